The average Bonchev–Trinajstić information content (AvgIpc) is 2.71. The Hall–Kier alpha value is -0.0400. The zero-order valence-electron chi connectivity index (χ0n) is 8.52. The molecule has 0 amide bonds. The molecule has 3 aliphatic carbocycles. The summed E-state index contributed by atoms with van der Waals surface area (Å²) in [4.78, 5) is 0. The van der Waals surface area contributed by atoms with Crippen LogP contribution < -0.4 is 5.32 Å². The third-order valence-electron chi connectivity index (χ3n) is 4.52. The monoisotopic (exact) mass is 179 g/mol. The summed E-state index contributed by atoms with van der Waals surface area (Å²) in [5.41, 5.74) is 0.766. The predicted octanol–water partition coefficient (Wildman–Crippen LogP) is 2.85. The van der Waals surface area contributed by atoms with E-state index in [-0.39, 0.29) is 0 Å². The molecule has 1 nitrogen and oxygen atoms in total. The first-order valence-electron chi connectivity index (χ1n) is 6.15. The second-order valence-electron chi connectivity index (χ2n) is 5.46. The number of hydrogen-bond donors (Lipinski definition) is 1. The van der Waals surface area contributed by atoms with Gasteiger partial charge in [0.15, 0.2) is 0 Å². The van der Waals surface area contributed by atoms with Gasteiger partial charge in [-0.25, -0.2) is 0 Å². The molecule has 0 heterocycles. The van der Waals surface area contributed by atoms with E-state index in [1.54, 1.807) is 0 Å². The Balaban J connectivity index is 1.69. The molecule has 1 atom stereocenters. The van der Waals surface area contributed by atoms with Crippen molar-refractivity contribution in [1.82, 2.24) is 5.32 Å². The average molecular weight is 179 g/mol. The van der Waals surface area contributed by atoms with Gasteiger partial charge in [-0.05, 0) is 43.9 Å². The van der Waals surface area contributed by atoms with Crippen LogP contribution in [0.25, 0.3) is 0 Å². The second-order valence-corrected chi connectivity index (χ2v) is 5.46. The molecule has 3 fully saturated rings. The van der Waals surface area contributed by atoms with Gasteiger partial charge in [0.05, 0.1) is 0 Å². The van der Waals surface area contributed by atoms with Crippen molar-refractivity contribution < 1.29 is 0 Å². The van der Waals surface area contributed by atoms with Crippen LogP contribution in [-0.2, 0) is 0 Å². The lowest BCUT2D eigenvalue weighted by molar-refractivity contribution is 0.230. The van der Waals surface area contributed by atoms with Gasteiger partial charge < -0.3 is 5.32 Å². The smallest absolute Gasteiger partial charge is 0.0126 e. The van der Waals surface area contributed by atoms with E-state index in [1.807, 2.05) is 0 Å². The van der Waals surface area contributed by atoms with E-state index in [0.717, 1.165) is 17.5 Å². The van der Waals surface area contributed by atoms with Crippen molar-refractivity contribution in [3.8, 4) is 0 Å². The molecule has 74 valence electrons. The minimum atomic E-state index is 0.766. The van der Waals surface area contributed by atoms with Crippen molar-refractivity contribution in [1.29, 1.82) is 0 Å². The van der Waals surface area contributed by atoms with Crippen LogP contribution in [0.5, 0.6) is 0 Å². The van der Waals surface area contributed by atoms with Gasteiger partial charge >= 0.3 is 0 Å². The molecule has 1 N–H and O–H groups in total. The maximum atomic E-state index is 3.89. The Bertz CT molecular complexity index is 184. The Morgan fingerprint density at radius 2 is 1.54 bits per heavy atom. The fourth-order valence-electron chi connectivity index (χ4n) is 3.61. The summed E-state index contributed by atoms with van der Waals surface area (Å²) in [5, 5.41) is 3.89. The summed E-state index contributed by atoms with van der Waals surface area (Å²) in [7, 11) is 0. The van der Waals surface area contributed by atoms with Crippen LogP contribution in [0, 0.1) is 5.41 Å². The first-order valence-corrected chi connectivity index (χ1v) is 6.15. The first kappa shape index (κ1) is 8.28. The molecule has 3 aliphatic rings. The van der Waals surface area contributed by atoms with Crippen LogP contribution in [0.15, 0.2) is 0 Å². The molecule has 1 unspecified atom stereocenters. The Kier molecular flexibility index (Phi) is 1.90. The lowest BCUT2D eigenvalue weighted by atomic mass is 9.81. The topological polar surface area (TPSA) is 12.0 Å². The van der Waals surface area contributed by atoms with Gasteiger partial charge in [0.25, 0.3) is 0 Å². The summed E-state index contributed by atoms with van der Waals surface area (Å²) in [5.74, 6) is 0. The van der Waals surface area contributed by atoms with E-state index in [1.165, 1.54) is 57.8 Å². The number of hydrogen-bond acceptors (Lipinski definition) is 1. The van der Waals surface area contributed by atoms with Crippen LogP contribution in [-0.4, -0.2) is 12.1 Å². The van der Waals surface area contributed by atoms with Gasteiger partial charge in [-0.1, -0.05) is 19.3 Å². The SMILES string of the molecule is C1CCC2(C1)CCCC2NC1CC1. The third kappa shape index (κ3) is 1.41. The van der Waals surface area contributed by atoms with Crippen molar-refractivity contribution in [2.75, 3.05) is 0 Å². The highest BCUT2D eigenvalue weighted by Gasteiger charge is 2.45. The second kappa shape index (κ2) is 2.98. The molecule has 0 saturated heterocycles. The van der Waals surface area contributed by atoms with Crippen LogP contribution in [0.3, 0.4) is 0 Å². The fourth-order valence-corrected chi connectivity index (χ4v) is 3.61. The number of rotatable bonds is 2. The highest BCUT2D eigenvalue weighted by Crippen LogP contribution is 2.51. The van der Waals surface area contributed by atoms with Crippen molar-refractivity contribution >= 4 is 0 Å². The van der Waals surface area contributed by atoms with E-state index in [2.05, 4.69) is 5.32 Å². The van der Waals surface area contributed by atoms with Crippen LogP contribution in [0.2, 0.25) is 0 Å². The fraction of sp³-hybridized carbons (Fsp3) is 1.00. The van der Waals surface area contributed by atoms with Crippen molar-refractivity contribution in [3.05, 3.63) is 0 Å². The summed E-state index contributed by atoms with van der Waals surface area (Å²) in [6.07, 6.45) is 13.4. The van der Waals surface area contributed by atoms with Gasteiger partial charge in [-0.2, -0.15) is 0 Å². The highest BCUT2D eigenvalue weighted by molar-refractivity contribution is 5.01. The molecule has 13 heavy (non-hydrogen) atoms. The minimum absolute atomic E-state index is 0.766. The lowest BCUT2D eigenvalue weighted by Gasteiger charge is -2.32. The molecule has 1 heteroatoms. The zero-order valence-corrected chi connectivity index (χ0v) is 8.52. The summed E-state index contributed by atoms with van der Waals surface area (Å²) >= 11 is 0. The normalized spacial score (nSPS) is 37.4. The largest absolute Gasteiger partial charge is 0.311 e. The van der Waals surface area contributed by atoms with E-state index in [9.17, 15) is 0 Å². The maximum absolute atomic E-state index is 3.89. The quantitative estimate of drug-likeness (QED) is 0.687. The molecule has 3 saturated carbocycles. The molecule has 0 aromatic heterocycles. The van der Waals surface area contributed by atoms with E-state index in [0.29, 0.717) is 0 Å². The van der Waals surface area contributed by atoms with Gasteiger partial charge in [-0.15, -0.1) is 0 Å². The summed E-state index contributed by atoms with van der Waals surface area (Å²) in [6, 6.07) is 1.82. The van der Waals surface area contributed by atoms with Gasteiger partial charge in [-0.3, -0.25) is 0 Å². The standard InChI is InChI=1S/C12H21N/c1-2-8-12(7-1)9-3-4-11(12)13-10-5-6-10/h10-11,13H,1-9H2. The molecule has 0 bridgehead atoms. The van der Waals surface area contributed by atoms with Crippen LogP contribution >= 0.6 is 0 Å². The summed E-state index contributed by atoms with van der Waals surface area (Å²) < 4.78 is 0. The van der Waals surface area contributed by atoms with Gasteiger partial charge in [0.1, 0.15) is 0 Å². The molecule has 0 aromatic rings. The first-order chi connectivity index (χ1) is 6.39. The molecule has 0 radical (unpaired) electrons. The minimum Gasteiger partial charge on any atom is -0.311 e. The molecular weight excluding hydrogens is 158 g/mol. The van der Waals surface area contributed by atoms with Crippen molar-refractivity contribution in [2.24, 2.45) is 5.41 Å². The van der Waals surface area contributed by atoms with E-state index in [4.69, 9.17) is 0 Å². The highest BCUT2D eigenvalue weighted by atomic mass is 15.0. The van der Waals surface area contributed by atoms with Crippen LogP contribution in [0.4, 0.5) is 0 Å². The maximum Gasteiger partial charge on any atom is 0.0126 e. The molecule has 0 aliphatic heterocycles. The van der Waals surface area contributed by atoms with Crippen molar-refractivity contribution in [2.45, 2.75) is 69.9 Å². The van der Waals surface area contributed by atoms with Gasteiger partial charge in [0, 0.05) is 12.1 Å². The van der Waals surface area contributed by atoms with Crippen LogP contribution in [0.1, 0.15) is 57.8 Å². The Labute approximate surface area is 81.3 Å². The van der Waals surface area contributed by atoms with E-state index < -0.39 is 0 Å². The Morgan fingerprint density at radius 3 is 2.23 bits per heavy atom. The molecule has 3 rings (SSSR count). The zero-order chi connectivity index (χ0) is 8.73. The third-order valence-corrected chi connectivity index (χ3v) is 4.52. The number of nitrogens with one attached hydrogen (secondary N) is 1. The predicted molar refractivity (Wildman–Crippen MR) is 54.7 cm³/mol. The summed E-state index contributed by atoms with van der Waals surface area (Å²) in [6.45, 7) is 0. The lowest BCUT2D eigenvalue weighted by Crippen LogP contribution is -2.40. The molecule has 0 aromatic carbocycles. The molecular formula is C12H21N. The molecule has 1 spiro atoms. The van der Waals surface area contributed by atoms with Crippen molar-refractivity contribution in [3.63, 3.8) is 0 Å². The Morgan fingerprint density at radius 1 is 0.846 bits per heavy atom. The van der Waals surface area contributed by atoms with E-state index >= 15 is 0 Å². The van der Waals surface area contributed by atoms with Gasteiger partial charge in [0.2, 0.25) is 0 Å².